The van der Waals surface area contributed by atoms with Crippen LogP contribution in [0.25, 0.3) is 0 Å². The van der Waals surface area contributed by atoms with Crippen LogP contribution in [-0.4, -0.2) is 55.7 Å². The lowest BCUT2D eigenvalue weighted by atomic mass is 10.1. The molecule has 1 aliphatic rings. The molecule has 4 nitrogen and oxygen atoms in total. The smallest absolute Gasteiger partial charge is 0.261 e. The minimum absolute atomic E-state index is 0.350. The highest BCUT2D eigenvalue weighted by molar-refractivity contribution is 7.09. The Morgan fingerprint density at radius 2 is 2.43 bits per heavy atom. The summed E-state index contributed by atoms with van der Waals surface area (Å²) in [5, 5.41) is 3.36. The topological polar surface area (TPSA) is 37.4 Å². The van der Waals surface area contributed by atoms with Gasteiger partial charge in [0, 0.05) is 24.5 Å². The van der Waals surface area contributed by atoms with Crippen molar-refractivity contribution < 1.29 is 13.5 Å². The number of alkyl halides is 2. The molecule has 0 amide bonds. The third-order valence-electron chi connectivity index (χ3n) is 3.69. The van der Waals surface area contributed by atoms with Crippen molar-refractivity contribution in [2.45, 2.75) is 26.3 Å². The SMILES string of the molecule is Cc1ncsc1CN(CCOCC(F)F)CC1CCNC1. The van der Waals surface area contributed by atoms with Crippen molar-refractivity contribution in [3.63, 3.8) is 0 Å². The summed E-state index contributed by atoms with van der Waals surface area (Å²) in [5.41, 5.74) is 2.91. The summed E-state index contributed by atoms with van der Waals surface area (Å²) < 4.78 is 29.2. The number of rotatable bonds is 9. The van der Waals surface area contributed by atoms with Crippen molar-refractivity contribution in [1.29, 1.82) is 0 Å². The van der Waals surface area contributed by atoms with Gasteiger partial charge in [-0.2, -0.15) is 0 Å². The second-order valence-corrected chi connectivity index (χ2v) is 6.36. The average molecular weight is 319 g/mol. The van der Waals surface area contributed by atoms with E-state index in [-0.39, 0.29) is 0 Å². The molecule has 1 aliphatic heterocycles. The Labute approximate surface area is 128 Å². The van der Waals surface area contributed by atoms with Gasteiger partial charge in [-0.15, -0.1) is 11.3 Å². The van der Waals surface area contributed by atoms with Gasteiger partial charge in [0.05, 0.1) is 17.8 Å². The zero-order valence-corrected chi connectivity index (χ0v) is 13.2. The average Bonchev–Trinajstić information content (AvgIpc) is 3.07. The molecule has 0 saturated carbocycles. The molecule has 0 aliphatic carbocycles. The first-order valence-corrected chi connectivity index (χ1v) is 8.21. The first-order valence-electron chi connectivity index (χ1n) is 7.33. The van der Waals surface area contributed by atoms with Gasteiger partial charge in [-0.3, -0.25) is 4.90 Å². The normalized spacial score (nSPS) is 19.0. The molecular formula is C14H23F2N3OS. The quantitative estimate of drug-likeness (QED) is 0.708. The van der Waals surface area contributed by atoms with Gasteiger partial charge in [-0.1, -0.05) is 0 Å². The highest BCUT2D eigenvalue weighted by Gasteiger charge is 2.19. The van der Waals surface area contributed by atoms with Gasteiger partial charge >= 0.3 is 0 Å². The van der Waals surface area contributed by atoms with Gasteiger partial charge in [0.15, 0.2) is 0 Å². The number of nitrogens with zero attached hydrogens (tertiary/aromatic N) is 2. The molecule has 2 rings (SSSR count). The Hall–Kier alpha value is -0.630. The van der Waals surface area contributed by atoms with Crippen LogP contribution in [0.2, 0.25) is 0 Å². The molecule has 2 heterocycles. The van der Waals surface area contributed by atoms with Crippen molar-refractivity contribution in [2.24, 2.45) is 5.92 Å². The molecule has 1 unspecified atom stereocenters. The fraction of sp³-hybridized carbons (Fsp3) is 0.786. The summed E-state index contributed by atoms with van der Waals surface area (Å²) in [6.45, 7) is 6.47. The van der Waals surface area contributed by atoms with E-state index in [9.17, 15) is 8.78 Å². The fourth-order valence-electron chi connectivity index (χ4n) is 2.52. The van der Waals surface area contributed by atoms with Gasteiger partial charge in [0.2, 0.25) is 0 Å². The third-order valence-corrected chi connectivity index (χ3v) is 4.61. The Morgan fingerprint density at radius 1 is 1.57 bits per heavy atom. The maximum atomic E-state index is 12.1. The van der Waals surface area contributed by atoms with E-state index in [0.29, 0.717) is 19.1 Å². The molecule has 1 aromatic heterocycles. The summed E-state index contributed by atoms with van der Waals surface area (Å²) in [4.78, 5) is 7.81. The van der Waals surface area contributed by atoms with Gasteiger partial charge in [-0.05, 0) is 32.4 Å². The van der Waals surface area contributed by atoms with Gasteiger partial charge in [0.25, 0.3) is 6.43 Å². The van der Waals surface area contributed by atoms with Gasteiger partial charge < -0.3 is 10.1 Å². The molecule has 1 atom stereocenters. The second-order valence-electron chi connectivity index (χ2n) is 5.42. The third kappa shape index (κ3) is 5.94. The highest BCUT2D eigenvalue weighted by Crippen LogP contribution is 2.17. The van der Waals surface area contributed by atoms with E-state index < -0.39 is 13.0 Å². The Morgan fingerprint density at radius 3 is 3.05 bits per heavy atom. The van der Waals surface area contributed by atoms with E-state index in [4.69, 9.17) is 4.74 Å². The number of ether oxygens (including phenoxy) is 1. The van der Waals surface area contributed by atoms with Gasteiger partial charge in [0.1, 0.15) is 6.61 Å². The summed E-state index contributed by atoms with van der Waals surface area (Å²) in [6.07, 6.45) is -1.21. The molecule has 7 heteroatoms. The summed E-state index contributed by atoms with van der Waals surface area (Å²) in [6, 6.07) is 0. The fourth-order valence-corrected chi connectivity index (χ4v) is 3.34. The Kier molecular flexibility index (Phi) is 6.95. The van der Waals surface area contributed by atoms with Crippen molar-refractivity contribution in [3.05, 3.63) is 16.1 Å². The van der Waals surface area contributed by atoms with Crippen LogP contribution in [0.5, 0.6) is 0 Å². The van der Waals surface area contributed by atoms with Gasteiger partial charge in [-0.25, -0.2) is 13.8 Å². The molecule has 1 saturated heterocycles. The van der Waals surface area contributed by atoms with Crippen LogP contribution in [0.4, 0.5) is 8.78 Å². The standard InChI is InChI=1S/C14H23F2N3OS/c1-11-13(21-10-18-11)8-19(4-5-20-9-14(15)16)7-12-2-3-17-6-12/h10,12,14,17H,2-9H2,1H3. The molecule has 0 radical (unpaired) electrons. The monoisotopic (exact) mass is 319 g/mol. The van der Waals surface area contributed by atoms with Crippen LogP contribution >= 0.6 is 11.3 Å². The number of aromatic nitrogens is 1. The van der Waals surface area contributed by atoms with E-state index in [2.05, 4.69) is 15.2 Å². The zero-order valence-electron chi connectivity index (χ0n) is 12.4. The molecule has 120 valence electrons. The van der Waals surface area contributed by atoms with Crippen LogP contribution < -0.4 is 5.32 Å². The predicted octanol–water partition coefficient (Wildman–Crippen LogP) is 2.14. The molecule has 1 aromatic rings. The van der Waals surface area contributed by atoms with Crippen LogP contribution in [0.3, 0.4) is 0 Å². The first-order chi connectivity index (χ1) is 10.1. The van der Waals surface area contributed by atoms with Crippen LogP contribution in [0.15, 0.2) is 5.51 Å². The zero-order chi connectivity index (χ0) is 15.1. The summed E-state index contributed by atoms with van der Waals surface area (Å²) in [5.74, 6) is 0.633. The lowest BCUT2D eigenvalue weighted by Crippen LogP contribution is -2.33. The maximum Gasteiger partial charge on any atom is 0.261 e. The first kappa shape index (κ1) is 16.7. The van der Waals surface area contributed by atoms with E-state index >= 15 is 0 Å². The van der Waals surface area contributed by atoms with E-state index in [1.54, 1.807) is 11.3 Å². The molecule has 0 spiro atoms. The van der Waals surface area contributed by atoms with Crippen molar-refractivity contribution in [1.82, 2.24) is 15.2 Å². The molecule has 1 N–H and O–H groups in total. The van der Waals surface area contributed by atoms with Crippen molar-refractivity contribution in [2.75, 3.05) is 39.4 Å². The molecule has 0 bridgehead atoms. The predicted molar refractivity (Wildman–Crippen MR) is 79.9 cm³/mol. The number of thiazole rings is 1. The summed E-state index contributed by atoms with van der Waals surface area (Å²) in [7, 11) is 0. The van der Waals surface area contributed by atoms with E-state index in [1.807, 2.05) is 12.4 Å². The maximum absolute atomic E-state index is 12.1. The number of hydrogen-bond donors (Lipinski definition) is 1. The molecule has 21 heavy (non-hydrogen) atoms. The number of hydrogen-bond acceptors (Lipinski definition) is 5. The minimum Gasteiger partial charge on any atom is -0.374 e. The Balaban J connectivity index is 1.82. The van der Waals surface area contributed by atoms with E-state index in [0.717, 1.165) is 31.9 Å². The van der Waals surface area contributed by atoms with Crippen LogP contribution in [0, 0.1) is 12.8 Å². The van der Waals surface area contributed by atoms with E-state index in [1.165, 1.54) is 11.3 Å². The van der Waals surface area contributed by atoms with Crippen LogP contribution in [-0.2, 0) is 11.3 Å². The summed E-state index contributed by atoms with van der Waals surface area (Å²) >= 11 is 1.65. The van der Waals surface area contributed by atoms with Crippen molar-refractivity contribution >= 4 is 11.3 Å². The number of nitrogens with one attached hydrogen (secondary N) is 1. The number of aryl methyl sites for hydroxylation is 1. The second kappa shape index (κ2) is 8.73. The van der Waals surface area contributed by atoms with Crippen LogP contribution in [0.1, 0.15) is 17.0 Å². The van der Waals surface area contributed by atoms with Crippen molar-refractivity contribution in [3.8, 4) is 0 Å². The lowest BCUT2D eigenvalue weighted by Gasteiger charge is -2.24. The molecule has 1 fully saturated rings. The molecular weight excluding hydrogens is 296 g/mol. The highest BCUT2D eigenvalue weighted by atomic mass is 32.1. The lowest BCUT2D eigenvalue weighted by molar-refractivity contribution is 0.00807. The molecule has 0 aromatic carbocycles. The minimum atomic E-state index is -2.39. The number of halogens is 2. The largest absolute Gasteiger partial charge is 0.374 e. The Bertz CT molecular complexity index is 411.